The van der Waals surface area contributed by atoms with Crippen LogP contribution in [0.15, 0.2) is 4.79 Å². The Morgan fingerprint density at radius 1 is 1.21 bits per heavy atom. The number of thiophene rings is 1. The molecule has 8 heteroatoms. The Hall–Kier alpha value is -2.22. The zero-order chi connectivity index (χ0) is 17.4. The summed E-state index contributed by atoms with van der Waals surface area (Å²) in [5, 5.41) is 9.53. The van der Waals surface area contributed by atoms with Crippen LogP contribution in [0.5, 0.6) is 0 Å². The molecule has 2 aromatic rings. The van der Waals surface area contributed by atoms with Gasteiger partial charge in [-0.15, -0.1) is 11.3 Å². The van der Waals surface area contributed by atoms with Crippen LogP contribution in [0.25, 0.3) is 10.2 Å². The van der Waals surface area contributed by atoms with Gasteiger partial charge in [-0.3, -0.25) is 14.2 Å². The van der Waals surface area contributed by atoms with Crippen molar-refractivity contribution in [3.8, 4) is 0 Å². The third-order valence-electron chi connectivity index (χ3n) is 4.44. The first-order valence-electron chi connectivity index (χ1n) is 7.91. The van der Waals surface area contributed by atoms with E-state index < -0.39 is 5.97 Å². The minimum atomic E-state index is -1.07. The summed E-state index contributed by atoms with van der Waals surface area (Å²) in [6.45, 7) is 4.68. The molecular formula is C16H19N3O4S. The molecular weight excluding hydrogens is 330 g/mol. The van der Waals surface area contributed by atoms with E-state index in [0.29, 0.717) is 21.6 Å². The van der Waals surface area contributed by atoms with Crippen LogP contribution >= 0.6 is 11.3 Å². The number of carbonyl (C=O) groups is 2. The normalized spacial score (nSPS) is 15.0. The smallest absolute Gasteiger partial charge is 0.346 e. The Kier molecular flexibility index (Phi) is 4.40. The lowest BCUT2D eigenvalue weighted by Gasteiger charge is -2.27. The highest BCUT2D eigenvalue weighted by molar-refractivity contribution is 7.20. The molecule has 0 aliphatic carbocycles. The lowest BCUT2D eigenvalue weighted by atomic mass is 10.1. The van der Waals surface area contributed by atoms with Crippen LogP contribution in [0.1, 0.15) is 40.3 Å². The average Bonchev–Trinajstić information content (AvgIpc) is 2.89. The van der Waals surface area contributed by atoms with Crippen molar-refractivity contribution in [1.82, 2.24) is 14.5 Å². The highest BCUT2D eigenvalue weighted by atomic mass is 32.1. The minimum Gasteiger partial charge on any atom is -0.477 e. The van der Waals surface area contributed by atoms with Gasteiger partial charge in [0, 0.05) is 13.1 Å². The summed E-state index contributed by atoms with van der Waals surface area (Å²) in [5.74, 6) is -0.730. The molecule has 1 aliphatic heterocycles. The maximum absolute atomic E-state index is 12.8. The Morgan fingerprint density at radius 2 is 1.88 bits per heavy atom. The second kappa shape index (κ2) is 6.35. The number of carbonyl (C=O) groups excluding carboxylic acids is 1. The second-order valence-corrected chi connectivity index (χ2v) is 7.03. The van der Waals surface area contributed by atoms with Crippen LogP contribution in [0.2, 0.25) is 0 Å². The molecule has 1 N–H and O–H groups in total. The number of aryl methyl sites for hydroxylation is 2. The number of piperidine rings is 1. The van der Waals surface area contributed by atoms with Gasteiger partial charge >= 0.3 is 5.97 Å². The summed E-state index contributed by atoms with van der Waals surface area (Å²) < 4.78 is 1.35. The summed E-state index contributed by atoms with van der Waals surface area (Å²) in [6, 6.07) is 0. The van der Waals surface area contributed by atoms with E-state index >= 15 is 0 Å². The molecule has 0 spiro atoms. The summed E-state index contributed by atoms with van der Waals surface area (Å²) in [6.07, 6.45) is 3.10. The Morgan fingerprint density at radius 3 is 2.50 bits per heavy atom. The van der Waals surface area contributed by atoms with Crippen LogP contribution in [0.3, 0.4) is 0 Å². The van der Waals surface area contributed by atoms with E-state index in [2.05, 4.69) is 4.98 Å². The first kappa shape index (κ1) is 16.6. The zero-order valence-electron chi connectivity index (χ0n) is 13.7. The predicted octanol–water partition coefficient (Wildman–Crippen LogP) is 1.79. The molecule has 1 amide bonds. The van der Waals surface area contributed by atoms with Crippen molar-refractivity contribution in [3.63, 3.8) is 0 Å². The summed E-state index contributed by atoms with van der Waals surface area (Å²) >= 11 is 0.997. The largest absolute Gasteiger partial charge is 0.477 e. The number of likely N-dealkylation sites (tertiary alicyclic amines) is 1. The Balaban J connectivity index is 2.02. The monoisotopic (exact) mass is 349 g/mol. The van der Waals surface area contributed by atoms with Crippen molar-refractivity contribution in [2.75, 3.05) is 13.1 Å². The first-order valence-corrected chi connectivity index (χ1v) is 8.73. The number of aromatic carboxylic acids is 1. The third kappa shape index (κ3) is 2.82. The van der Waals surface area contributed by atoms with E-state index in [9.17, 15) is 19.5 Å². The van der Waals surface area contributed by atoms with Crippen molar-refractivity contribution in [2.45, 2.75) is 39.7 Å². The Labute approximate surface area is 142 Å². The second-order valence-electron chi connectivity index (χ2n) is 6.03. The van der Waals surface area contributed by atoms with Crippen molar-refractivity contribution < 1.29 is 14.7 Å². The maximum Gasteiger partial charge on any atom is 0.346 e. The number of nitrogens with zero attached hydrogens (tertiary/aromatic N) is 3. The van der Waals surface area contributed by atoms with Crippen LogP contribution in [0.4, 0.5) is 0 Å². The number of aromatic nitrogens is 2. The topological polar surface area (TPSA) is 92.5 Å². The number of carboxylic acids is 1. The highest BCUT2D eigenvalue weighted by Crippen LogP contribution is 2.27. The molecule has 1 aliphatic rings. The van der Waals surface area contributed by atoms with Gasteiger partial charge < -0.3 is 10.0 Å². The predicted molar refractivity (Wildman–Crippen MR) is 90.7 cm³/mol. The average molecular weight is 349 g/mol. The van der Waals surface area contributed by atoms with E-state index in [1.165, 1.54) is 4.57 Å². The van der Waals surface area contributed by atoms with E-state index in [1.54, 1.807) is 18.7 Å². The number of amides is 1. The molecule has 0 atom stereocenters. The van der Waals surface area contributed by atoms with E-state index in [-0.39, 0.29) is 22.9 Å². The minimum absolute atomic E-state index is 0.0503. The van der Waals surface area contributed by atoms with Crippen molar-refractivity contribution in [2.24, 2.45) is 0 Å². The number of hydrogen-bond acceptors (Lipinski definition) is 5. The molecule has 7 nitrogen and oxygen atoms in total. The molecule has 1 saturated heterocycles. The van der Waals surface area contributed by atoms with Gasteiger partial charge in [0.15, 0.2) is 0 Å². The molecule has 1 fully saturated rings. The molecule has 0 unspecified atom stereocenters. The number of fused-ring (bicyclic) bond motifs is 1. The number of hydrogen-bond donors (Lipinski definition) is 1. The molecule has 24 heavy (non-hydrogen) atoms. The summed E-state index contributed by atoms with van der Waals surface area (Å²) in [4.78, 5) is 43.2. The van der Waals surface area contributed by atoms with Crippen molar-refractivity contribution >= 4 is 33.4 Å². The van der Waals surface area contributed by atoms with Crippen molar-refractivity contribution in [1.29, 1.82) is 0 Å². The molecule has 128 valence electrons. The fraction of sp³-hybridized carbons (Fsp3) is 0.500. The van der Waals surface area contributed by atoms with Gasteiger partial charge in [0.2, 0.25) is 5.91 Å². The van der Waals surface area contributed by atoms with E-state index in [4.69, 9.17) is 0 Å². The van der Waals surface area contributed by atoms with Gasteiger partial charge in [0.1, 0.15) is 22.1 Å². The van der Waals surface area contributed by atoms with Gasteiger partial charge in [0.05, 0.1) is 5.39 Å². The highest BCUT2D eigenvalue weighted by Gasteiger charge is 2.22. The van der Waals surface area contributed by atoms with Crippen LogP contribution in [-0.2, 0) is 11.3 Å². The molecule has 0 radical (unpaired) electrons. The molecule has 3 heterocycles. The van der Waals surface area contributed by atoms with Gasteiger partial charge in [-0.2, -0.15) is 0 Å². The quantitative estimate of drug-likeness (QED) is 0.912. The number of carboxylic acid groups (broad SMARTS) is 1. The molecule has 0 bridgehead atoms. The SMILES string of the molecule is Cc1c(C(=O)O)sc2nc(C)n(CC(=O)N3CCCCC3)c(=O)c12. The lowest BCUT2D eigenvalue weighted by molar-refractivity contribution is -0.132. The maximum atomic E-state index is 12.8. The summed E-state index contributed by atoms with van der Waals surface area (Å²) in [5.41, 5.74) is 0.0725. The molecule has 2 aromatic heterocycles. The third-order valence-corrected chi connectivity index (χ3v) is 5.61. The standard InChI is InChI=1S/C16H19N3O4S/c1-9-12-14(24-13(9)16(22)23)17-10(2)19(15(12)21)8-11(20)18-6-4-3-5-7-18/h3-8H2,1-2H3,(H,22,23). The summed E-state index contributed by atoms with van der Waals surface area (Å²) in [7, 11) is 0. The van der Waals surface area contributed by atoms with Gasteiger partial charge in [-0.25, -0.2) is 9.78 Å². The van der Waals surface area contributed by atoms with Crippen LogP contribution in [0, 0.1) is 13.8 Å². The number of rotatable bonds is 3. The van der Waals surface area contributed by atoms with Crippen LogP contribution in [-0.4, -0.2) is 44.5 Å². The van der Waals surface area contributed by atoms with Gasteiger partial charge in [-0.1, -0.05) is 0 Å². The van der Waals surface area contributed by atoms with Crippen molar-refractivity contribution in [3.05, 3.63) is 26.6 Å². The Bertz CT molecular complexity index is 878. The molecule has 3 rings (SSSR count). The first-order chi connectivity index (χ1) is 11.4. The fourth-order valence-electron chi connectivity index (χ4n) is 3.09. The van der Waals surface area contributed by atoms with Gasteiger partial charge in [0.25, 0.3) is 5.56 Å². The lowest BCUT2D eigenvalue weighted by Crippen LogP contribution is -2.40. The fourth-order valence-corrected chi connectivity index (χ4v) is 4.14. The molecule has 0 aromatic carbocycles. The van der Waals surface area contributed by atoms with Gasteiger partial charge in [-0.05, 0) is 38.7 Å². The van der Waals surface area contributed by atoms with E-state index in [0.717, 1.165) is 43.7 Å². The van der Waals surface area contributed by atoms with Crippen LogP contribution < -0.4 is 5.56 Å². The van der Waals surface area contributed by atoms with E-state index in [1.807, 2.05) is 0 Å². The molecule has 0 saturated carbocycles. The zero-order valence-corrected chi connectivity index (χ0v) is 14.5.